The Morgan fingerprint density at radius 3 is 2.69 bits per heavy atom. The van der Waals surface area contributed by atoms with E-state index in [1.54, 1.807) is 12.1 Å². The van der Waals surface area contributed by atoms with Crippen LogP contribution in [0.2, 0.25) is 0 Å². The molecule has 0 saturated heterocycles. The Hall–Kier alpha value is -2.45. The van der Waals surface area contributed by atoms with Crippen LogP contribution in [0.25, 0.3) is 10.2 Å². The largest absolute Gasteiger partial charge is 0.483 e. The molecular formula is C18H18N2O4S2. The van der Waals surface area contributed by atoms with Gasteiger partial charge in [0.15, 0.2) is 21.6 Å². The normalized spacial score (nSPS) is 11.5. The van der Waals surface area contributed by atoms with Crippen molar-refractivity contribution < 1.29 is 17.9 Å². The van der Waals surface area contributed by atoms with E-state index in [0.717, 1.165) is 17.4 Å². The minimum Gasteiger partial charge on any atom is -0.483 e. The van der Waals surface area contributed by atoms with Gasteiger partial charge in [-0.15, -0.1) is 0 Å². The molecule has 8 heteroatoms. The van der Waals surface area contributed by atoms with Crippen LogP contribution in [-0.4, -0.2) is 32.2 Å². The van der Waals surface area contributed by atoms with Gasteiger partial charge in [-0.3, -0.25) is 10.1 Å². The molecule has 0 aliphatic carbocycles. The van der Waals surface area contributed by atoms with Crippen LogP contribution in [0, 0.1) is 13.8 Å². The maximum Gasteiger partial charge on any atom is 0.264 e. The summed E-state index contributed by atoms with van der Waals surface area (Å²) in [6.07, 6.45) is 1.16. The number of aromatic nitrogens is 1. The number of aryl methyl sites for hydroxylation is 2. The molecule has 0 saturated carbocycles. The van der Waals surface area contributed by atoms with Crippen molar-refractivity contribution in [2.45, 2.75) is 18.7 Å². The smallest absolute Gasteiger partial charge is 0.264 e. The number of nitrogens with zero attached hydrogens (tertiary/aromatic N) is 1. The van der Waals surface area contributed by atoms with Crippen LogP contribution in [-0.2, 0) is 14.6 Å². The first-order chi connectivity index (χ1) is 12.2. The van der Waals surface area contributed by atoms with Gasteiger partial charge in [0.25, 0.3) is 5.91 Å². The highest BCUT2D eigenvalue weighted by Crippen LogP contribution is 2.28. The molecule has 0 unspecified atom stereocenters. The number of rotatable bonds is 5. The Bertz CT molecular complexity index is 1090. The average Bonchev–Trinajstić information content (AvgIpc) is 2.96. The van der Waals surface area contributed by atoms with Gasteiger partial charge in [-0.05, 0) is 49.2 Å². The van der Waals surface area contributed by atoms with Gasteiger partial charge in [0.05, 0.1) is 15.1 Å². The molecule has 0 spiro atoms. The van der Waals surface area contributed by atoms with Gasteiger partial charge in [0.1, 0.15) is 5.75 Å². The van der Waals surface area contributed by atoms with E-state index in [9.17, 15) is 13.2 Å². The molecule has 1 heterocycles. The summed E-state index contributed by atoms with van der Waals surface area (Å²) in [5, 5.41) is 3.09. The second-order valence-electron chi connectivity index (χ2n) is 6.03. The standard InChI is InChI=1S/C18H18N2O4S2/c1-11-4-5-12(2)15(8-11)24-10-17(21)20-18-19-14-7-6-13(26(3,22)23)9-16(14)25-18/h4-9H,10H2,1-3H3,(H,19,20,21). The van der Waals surface area contributed by atoms with Crippen molar-refractivity contribution in [3.63, 3.8) is 0 Å². The Labute approximate surface area is 155 Å². The maximum atomic E-state index is 12.1. The number of sulfone groups is 1. The molecule has 0 fully saturated rings. The van der Waals surface area contributed by atoms with E-state index in [1.807, 2.05) is 32.0 Å². The zero-order valence-electron chi connectivity index (χ0n) is 14.6. The van der Waals surface area contributed by atoms with E-state index in [4.69, 9.17) is 4.74 Å². The van der Waals surface area contributed by atoms with Crippen LogP contribution in [0.3, 0.4) is 0 Å². The maximum absolute atomic E-state index is 12.1. The topological polar surface area (TPSA) is 85.4 Å². The van der Waals surface area contributed by atoms with Crippen molar-refractivity contribution in [2.75, 3.05) is 18.2 Å². The summed E-state index contributed by atoms with van der Waals surface area (Å²) in [6, 6.07) is 10.5. The van der Waals surface area contributed by atoms with E-state index in [1.165, 1.54) is 17.4 Å². The lowest BCUT2D eigenvalue weighted by Crippen LogP contribution is -2.20. The second kappa shape index (κ2) is 7.05. The van der Waals surface area contributed by atoms with Crippen LogP contribution < -0.4 is 10.1 Å². The third-order valence-electron chi connectivity index (χ3n) is 3.74. The number of thiazole rings is 1. The Kier molecular flexibility index (Phi) is 4.97. The monoisotopic (exact) mass is 390 g/mol. The van der Waals surface area contributed by atoms with E-state index in [0.29, 0.717) is 21.1 Å². The van der Waals surface area contributed by atoms with Crippen molar-refractivity contribution in [1.29, 1.82) is 0 Å². The van der Waals surface area contributed by atoms with Crippen molar-refractivity contribution >= 4 is 42.4 Å². The number of amides is 1. The highest BCUT2D eigenvalue weighted by Gasteiger charge is 2.13. The predicted molar refractivity (Wildman–Crippen MR) is 103 cm³/mol. The van der Waals surface area contributed by atoms with E-state index < -0.39 is 9.84 Å². The summed E-state index contributed by atoms with van der Waals surface area (Å²) in [4.78, 5) is 16.6. The van der Waals surface area contributed by atoms with Gasteiger partial charge in [-0.2, -0.15) is 0 Å². The highest BCUT2D eigenvalue weighted by atomic mass is 32.2. The molecule has 0 bridgehead atoms. The number of anilines is 1. The number of fused-ring (bicyclic) bond motifs is 1. The average molecular weight is 390 g/mol. The predicted octanol–water partition coefficient (Wildman–Crippen LogP) is 3.33. The number of hydrogen-bond donors (Lipinski definition) is 1. The van der Waals surface area contributed by atoms with Gasteiger partial charge in [-0.1, -0.05) is 23.5 Å². The fraction of sp³-hybridized carbons (Fsp3) is 0.222. The summed E-state index contributed by atoms with van der Waals surface area (Å²) in [6.45, 7) is 3.74. The SMILES string of the molecule is Cc1ccc(C)c(OCC(=O)Nc2nc3ccc(S(C)(=O)=O)cc3s2)c1. The molecule has 2 aromatic carbocycles. The lowest BCUT2D eigenvalue weighted by atomic mass is 10.1. The molecule has 1 amide bonds. The van der Waals surface area contributed by atoms with E-state index in [-0.39, 0.29) is 17.4 Å². The van der Waals surface area contributed by atoms with Gasteiger partial charge >= 0.3 is 0 Å². The lowest BCUT2D eigenvalue weighted by Gasteiger charge is -2.09. The van der Waals surface area contributed by atoms with Crippen LogP contribution in [0.1, 0.15) is 11.1 Å². The van der Waals surface area contributed by atoms with Crippen molar-refractivity contribution in [3.05, 3.63) is 47.5 Å². The van der Waals surface area contributed by atoms with Gasteiger partial charge in [-0.25, -0.2) is 13.4 Å². The molecule has 6 nitrogen and oxygen atoms in total. The van der Waals surface area contributed by atoms with Gasteiger partial charge in [0.2, 0.25) is 0 Å². The minimum absolute atomic E-state index is 0.130. The number of benzene rings is 2. The summed E-state index contributed by atoms with van der Waals surface area (Å²) < 4.78 is 29.5. The fourth-order valence-corrected chi connectivity index (χ4v) is 3.99. The molecule has 0 aliphatic heterocycles. The number of carbonyl (C=O) groups excluding carboxylic acids is 1. The van der Waals surface area contributed by atoms with Crippen LogP contribution in [0.5, 0.6) is 5.75 Å². The quantitative estimate of drug-likeness (QED) is 0.722. The molecule has 1 N–H and O–H groups in total. The molecular weight excluding hydrogens is 372 g/mol. The van der Waals surface area contributed by atoms with Crippen LogP contribution >= 0.6 is 11.3 Å². The number of carbonyl (C=O) groups is 1. The van der Waals surface area contributed by atoms with Gasteiger partial charge in [0, 0.05) is 6.26 Å². The lowest BCUT2D eigenvalue weighted by molar-refractivity contribution is -0.118. The number of hydrogen-bond acceptors (Lipinski definition) is 6. The molecule has 1 aromatic heterocycles. The van der Waals surface area contributed by atoms with Crippen LogP contribution in [0.15, 0.2) is 41.3 Å². The summed E-state index contributed by atoms with van der Waals surface area (Å²) in [5.74, 6) is 0.343. The zero-order chi connectivity index (χ0) is 18.9. The fourth-order valence-electron chi connectivity index (χ4n) is 2.35. The second-order valence-corrected chi connectivity index (χ2v) is 9.07. The molecule has 0 aliphatic rings. The molecule has 136 valence electrons. The first kappa shape index (κ1) is 18.3. The van der Waals surface area contributed by atoms with E-state index in [2.05, 4.69) is 10.3 Å². The molecule has 0 atom stereocenters. The third-order valence-corrected chi connectivity index (χ3v) is 5.78. The van der Waals surface area contributed by atoms with Crippen molar-refractivity contribution in [1.82, 2.24) is 4.98 Å². The molecule has 3 rings (SSSR count). The van der Waals surface area contributed by atoms with Crippen LogP contribution in [0.4, 0.5) is 5.13 Å². The molecule has 0 radical (unpaired) electrons. The number of ether oxygens (including phenoxy) is 1. The first-order valence-corrected chi connectivity index (χ1v) is 10.5. The summed E-state index contributed by atoms with van der Waals surface area (Å²) in [5.41, 5.74) is 2.64. The molecule has 26 heavy (non-hydrogen) atoms. The van der Waals surface area contributed by atoms with Crippen molar-refractivity contribution in [3.8, 4) is 5.75 Å². The highest BCUT2D eigenvalue weighted by molar-refractivity contribution is 7.90. The van der Waals surface area contributed by atoms with E-state index >= 15 is 0 Å². The van der Waals surface area contributed by atoms with Crippen molar-refractivity contribution in [2.24, 2.45) is 0 Å². The Morgan fingerprint density at radius 2 is 1.96 bits per heavy atom. The van der Waals surface area contributed by atoms with Gasteiger partial charge < -0.3 is 4.74 Å². The Balaban J connectivity index is 1.70. The zero-order valence-corrected chi connectivity index (χ0v) is 16.2. The molecule has 3 aromatic rings. The third kappa shape index (κ3) is 4.20. The summed E-state index contributed by atoms with van der Waals surface area (Å²) in [7, 11) is -3.28. The Morgan fingerprint density at radius 1 is 1.19 bits per heavy atom. The summed E-state index contributed by atoms with van der Waals surface area (Å²) >= 11 is 1.22. The first-order valence-electron chi connectivity index (χ1n) is 7.83. The number of nitrogens with one attached hydrogen (secondary N) is 1. The minimum atomic E-state index is -3.28.